The van der Waals surface area contributed by atoms with E-state index in [9.17, 15) is 19.7 Å². The van der Waals surface area contributed by atoms with Gasteiger partial charge in [-0.2, -0.15) is 0 Å². The minimum Gasteiger partial charge on any atom is -0.490 e. The Balaban J connectivity index is 1.51. The van der Waals surface area contributed by atoms with Gasteiger partial charge in [0.1, 0.15) is 24.7 Å². The number of amides is 1. The molecular formula is C31H36N2O6. The number of nitro groups is 1. The summed E-state index contributed by atoms with van der Waals surface area (Å²) in [6, 6.07) is 20.3. The van der Waals surface area contributed by atoms with Crippen molar-refractivity contribution in [1.82, 2.24) is 0 Å². The zero-order valence-corrected chi connectivity index (χ0v) is 23.2. The van der Waals surface area contributed by atoms with Gasteiger partial charge in [0.05, 0.1) is 17.0 Å². The van der Waals surface area contributed by atoms with Crippen molar-refractivity contribution in [3.05, 3.63) is 94.0 Å². The monoisotopic (exact) mass is 532 g/mol. The van der Waals surface area contributed by atoms with Crippen LogP contribution in [0.5, 0.6) is 11.5 Å². The number of non-ortho nitro benzene ring substituents is 1. The normalized spacial score (nSPS) is 11.5. The van der Waals surface area contributed by atoms with Crippen LogP contribution in [-0.4, -0.2) is 29.8 Å². The Morgan fingerprint density at radius 2 is 1.54 bits per heavy atom. The van der Waals surface area contributed by atoms with Crippen LogP contribution in [0.3, 0.4) is 0 Å². The van der Waals surface area contributed by atoms with Gasteiger partial charge in [-0.05, 0) is 47.1 Å². The summed E-state index contributed by atoms with van der Waals surface area (Å²) in [6.45, 7) is 11.8. The molecule has 0 fully saturated rings. The first-order valence-electron chi connectivity index (χ1n) is 12.9. The Bertz CT molecular complexity index is 1310. The molecule has 3 aromatic rings. The lowest BCUT2D eigenvalue weighted by molar-refractivity contribution is -0.384. The van der Waals surface area contributed by atoms with Gasteiger partial charge in [0.25, 0.3) is 5.69 Å². The second-order valence-corrected chi connectivity index (χ2v) is 11.3. The molecule has 206 valence electrons. The van der Waals surface area contributed by atoms with Gasteiger partial charge in [-0.1, -0.05) is 71.0 Å². The SMILES string of the molecule is CC(C)(C)CC(C)(C)c1ccc(OCCOc2ccccc2NC(=O)CC(=O)c2cccc([N+](=O)[O-])c2)cc1. The standard InChI is InChI=1S/C31H36N2O6/c1-30(2,3)21-31(4,5)23-13-15-25(16-14-23)38-17-18-39-28-12-7-6-11-26(28)32-29(35)20-27(34)22-9-8-10-24(19-22)33(36)37/h6-16,19H,17-18,20-21H2,1-5H3,(H,32,35). The Hall–Kier alpha value is -4.20. The van der Waals surface area contributed by atoms with Crippen LogP contribution in [-0.2, 0) is 10.2 Å². The first kappa shape index (κ1) is 29.4. The number of rotatable bonds is 12. The summed E-state index contributed by atoms with van der Waals surface area (Å²) in [5, 5.41) is 13.6. The molecule has 0 radical (unpaired) electrons. The Morgan fingerprint density at radius 1 is 0.872 bits per heavy atom. The lowest BCUT2D eigenvalue weighted by atomic mass is 9.72. The number of para-hydroxylation sites is 2. The number of ether oxygens (including phenoxy) is 2. The van der Waals surface area contributed by atoms with Crippen molar-refractivity contribution in [1.29, 1.82) is 0 Å². The van der Waals surface area contributed by atoms with E-state index in [0.717, 1.165) is 18.2 Å². The lowest BCUT2D eigenvalue weighted by Crippen LogP contribution is -2.24. The zero-order chi connectivity index (χ0) is 28.6. The summed E-state index contributed by atoms with van der Waals surface area (Å²) >= 11 is 0. The molecule has 0 unspecified atom stereocenters. The van der Waals surface area contributed by atoms with E-state index >= 15 is 0 Å². The first-order chi connectivity index (χ1) is 18.3. The summed E-state index contributed by atoms with van der Waals surface area (Å²) < 4.78 is 11.7. The number of nitro benzene ring substituents is 1. The van der Waals surface area contributed by atoms with Gasteiger partial charge in [-0.15, -0.1) is 0 Å². The Morgan fingerprint density at radius 3 is 2.21 bits per heavy atom. The average Bonchev–Trinajstić information content (AvgIpc) is 2.86. The summed E-state index contributed by atoms with van der Waals surface area (Å²) in [5.41, 5.74) is 1.85. The van der Waals surface area contributed by atoms with Crippen molar-refractivity contribution in [3.63, 3.8) is 0 Å². The van der Waals surface area contributed by atoms with Crippen molar-refractivity contribution in [2.45, 2.75) is 52.9 Å². The topological polar surface area (TPSA) is 108 Å². The van der Waals surface area contributed by atoms with Gasteiger partial charge in [-0.3, -0.25) is 19.7 Å². The molecule has 3 rings (SSSR count). The van der Waals surface area contributed by atoms with E-state index in [1.165, 1.54) is 23.8 Å². The Kier molecular flexibility index (Phi) is 9.46. The first-order valence-corrected chi connectivity index (χ1v) is 12.9. The van der Waals surface area contributed by atoms with Gasteiger partial charge in [0, 0.05) is 17.7 Å². The molecular weight excluding hydrogens is 496 g/mol. The molecule has 0 aliphatic carbocycles. The number of carbonyl (C=O) groups excluding carboxylic acids is 2. The third-order valence-corrected chi connectivity index (χ3v) is 6.08. The van der Waals surface area contributed by atoms with Crippen molar-refractivity contribution in [2.75, 3.05) is 18.5 Å². The maximum Gasteiger partial charge on any atom is 0.270 e. The molecule has 0 aliphatic heterocycles. The van der Waals surface area contributed by atoms with E-state index < -0.39 is 23.0 Å². The summed E-state index contributed by atoms with van der Waals surface area (Å²) in [4.78, 5) is 35.3. The number of hydrogen-bond donors (Lipinski definition) is 1. The predicted octanol–water partition coefficient (Wildman–Crippen LogP) is 6.98. The molecule has 1 amide bonds. The highest BCUT2D eigenvalue weighted by molar-refractivity contribution is 6.11. The molecule has 1 N–H and O–H groups in total. The maximum atomic E-state index is 12.5. The van der Waals surface area contributed by atoms with E-state index in [2.05, 4.69) is 52.1 Å². The third-order valence-electron chi connectivity index (χ3n) is 6.08. The summed E-state index contributed by atoms with van der Waals surface area (Å²) in [6.07, 6.45) is 0.605. The summed E-state index contributed by atoms with van der Waals surface area (Å²) in [7, 11) is 0. The maximum absolute atomic E-state index is 12.5. The smallest absolute Gasteiger partial charge is 0.270 e. The highest BCUT2D eigenvalue weighted by Gasteiger charge is 2.27. The fourth-order valence-corrected chi connectivity index (χ4v) is 4.67. The number of hydrogen-bond acceptors (Lipinski definition) is 6. The van der Waals surface area contributed by atoms with Gasteiger partial charge >= 0.3 is 0 Å². The van der Waals surface area contributed by atoms with Gasteiger partial charge in [0.2, 0.25) is 5.91 Å². The van der Waals surface area contributed by atoms with Gasteiger partial charge in [0.15, 0.2) is 5.78 Å². The minimum absolute atomic E-state index is 0.0533. The number of nitrogens with one attached hydrogen (secondary N) is 1. The van der Waals surface area contributed by atoms with Crippen LogP contribution in [0.4, 0.5) is 11.4 Å². The number of nitrogens with zero attached hydrogens (tertiary/aromatic N) is 1. The van der Waals surface area contributed by atoms with Crippen molar-refractivity contribution in [3.8, 4) is 11.5 Å². The lowest BCUT2D eigenvalue weighted by Gasteiger charge is -2.33. The number of carbonyl (C=O) groups is 2. The highest BCUT2D eigenvalue weighted by Crippen LogP contribution is 2.36. The van der Waals surface area contributed by atoms with Crippen molar-refractivity contribution >= 4 is 23.1 Å². The quantitative estimate of drug-likeness (QED) is 0.0886. The molecule has 0 aromatic heterocycles. The molecule has 0 saturated heterocycles. The predicted molar refractivity (Wildman–Crippen MR) is 152 cm³/mol. The molecule has 0 heterocycles. The molecule has 39 heavy (non-hydrogen) atoms. The van der Waals surface area contributed by atoms with Crippen LogP contribution >= 0.6 is 0 Å². The number of ketones is 1. The average molecular weight is 533 g/mol. The Labute approximate surface area is 229 Å². The molecule has 0 atom stereocenters. The molecule has 8 heteroatoms. The number of benzene rings is 3. The van der Waals surface area contributed by atoms with Crippen LogP contribution < -0.4 is 14.8 Å². The fourth-order valence-electron chi connectivity index (χ4n) is 4.67. The van der Waals surface area contributed by atoms with Gasteiger partial charge in [-0.25, -0.2) is 0 Å². The number of Topliss-reactive ketones (excluding diaryl/α,β-unsaturated/α-hetero) is 1. The molecule has 0 saturated carbocycles. The molecule has 0 bridgehead atoms. The molecule has 8 nitrogen and oxygen atoms in total. The van der Waals surface area contributed by atoms with Crippen LogP contribution in [0, 0.1) is 15.5 Å². The summed E-state index contributed by atoms with van der Waals surface area (Å²) in [5.74, 6) is 0.121. The molecule has 0 spiro atoms. The van der Waals surface area contributed by atoms with Crippen molar-refractivity contribution < 1.29 is 24.0 Å². The van der Waals surface area contributed by atoms with E-state index in [0.29, 0.717) is 18.0 Å². The van der Waals surface area contributed by atoms with E-state index in [1.807, 2.05) is 12.1 Å². The fraction of sp³-hybridized carbons (Fsp3) is 0.355. The molecule has 3 aromatic carbocycles. The highest BCUT2D eigenvalue weighted by atomic mass is 16.6. The largest absolute Gasteiger partial charge is 0.490 e. The van der Waals surface area contributed by atoms with Crippen LogP contribution in [0.1, 0.15) is 63.4 Å². The van der Waals surface area contributed by atoms with Crippen LogP contribution in [0.25, 0.3) is 0 Å². The minimum atomic E-state index is -0.585. The van der Waals surface area contributed by atoms with E-state index in [4.69, 9.17) is 9.47 Å². The van der Waals surface area contributed by atoms with Gasteiger partial charge < -0.3 is 14.8 Å². The molecule has 0 aliphatic rings. The van der Waals surface area contributed by atoms with E-state index in [-0.39, 0.29) is 28.7 Å². The zero-order valence-electron chi connectivity index (χ0n) is 23.2. The van der Waals surface area contributed by atoms with Crippen molar-refractivity contribution in [2.24, 2.45) is 5.41 Å². The van der Waals surface area contributed by atoms with Crippen LogP contribution in [0.2, 0.25) is 0 Å². The number of anilines is 1. The van der Waals surface area contributed by atoms with E-state index in [1.54, 1.807) is 24.3 Å². The second-order valence-electron chi connectivity index (χ2n) is 11.3. The third kappa shape index (κ3) is 8.95. The van der Waals surface area contributed by atoms with Crippen LogP contribution in [0.15, 0.2) is 72.8 Å². The second kappa shape index (κ2) is 12.6.